The van der Waals surface area contributed by atoms with Crippen LogP contribution >= 0.6 is 22.9 Å². The number of hydrogen-bond donors (Lipinski definition) is 1. The molecule has 0 fully saturated rings. The van der Waals surface area contributed by atoms with Crippen LogP contribution in [0, 0.1) is 0 Å². The van der Waals surface area contributed by atoms with E-state index in [0.717, 1.165) is 29.7 Å². The Bertz CT molecular complexity index is 806. The molecule has 1 amide bonds. The van der Waals surface area contributed by atoms with Crippen molar-refractivity contribution in [2.24, 2.45) is 0 Å². The molecule has 0 aliphatic heterocycles. The van der Waals surface area contributed by atoms with Gasteiger partial charge in [-0.3, -0.25) is 4.79 Å². The summed E-state index contributed by atoms with van der Waals surface area (Å²) in [5, 5.41) is 3.47. The molecular formula is C17H17ClN2O4S. The number of pyridine rings is 1. The van der Waals surface area contributed by atoms with Crippen LogP contribution in [-0.4, -0.2) is 30.1 Å². The SMILES string of the molecule is CCOC(=O)c1c(NC(=O)COc2cccnc2Cl)sc2c1CCC2. The molecule has 3 rings (SSSR count). The molecular weight excluding hydrogens is 364 g/mol. The summed E-state index contributed by atoms with van der Waals surface area (Å²) in [6.45, 7) is 1.82. The number of esters is 1. The van der Waals surface area contributed by atoms with Crippen LogP contribution in [0.5, 0.6) is 5.75 Å². The molecule has 1 aliphatic rings. The van der Waals surface area contributed by atoms with E-state index in [2.05, 4.69) is 10.3 Å². The number of halogens is 1. The molecule has 8 heteroatoms. The number of carbonyl (C=O) groups excluding carboxylic acids is 2. The molecule has 0 atom stereocenters. The number of anilines is 1. The summed E-state index contributed by atoms with van der Waals surface area (Å²) < 4.78 is 10.5. The lowest BCUT2D eigenvalue weighted by atomic mass is 10.1. The normalized spacial score (nSPS) is 12.6. The van der Waals surface area contributed by atoms with Gasteiger partial charge >= 0.3 is 5.97 Å². The summed E-state index contributed by atoms with van der Waals surface area (Å²) in [4.78, 5) is 29.5. The number of carbonyl (C=O) groups is 2. The number of nitrogens with zero attached hydrogens (tertiary/aromatic N) is 1. The maximum Gasteiger partial charge on any atom is 0.341 e. The van der Waals surface area contributed by atoms with E-state index in [1.54, 1.807) is 19.1 Å². The molecule has 0 spiro atoms. The highest BCUT2D eigenvalue weighted by Gasteiger charge is 2.28. The molecule has 6 nitrogen and oxygen atoms in total. The van der Waals surface area contributed by atoms with E-state index in [1.165, 1.54) is 17.5 Å². The first-order chi connectivity index (χ1) is 12.1. The average molecular weight is 381 g/mol. The van der Waals surface area contributed by atoms with Gasteiger partial charge in [-0.05, 0) is 43.9 Å². The second kappa shape index (κ2) is 7.84. The zero-order valence-electron chi connectivity index (χ0n) is 13.6. The zero-order valence-corrected chi connectivity index (χ0v) is 15.2. The van der Waals surface area contributed by atoms with Crippen molar-refractivity contribution in [3.05, 3.63) is 39.5 Å². The fourth-order valence-corrected chi connectivity index (χ4v) is 4.16. The minimum atomic E-state index is -0.395. The Kier molecular flexibility index (Phi) is 5.55. The second-order valence-electron chi connectivity index (χ2n) is 5.41. The van der Waals surface area contributed by atoms with Crippen LogP contribution < -0.4 is 10.1 Å². The number of fused-ring (bicyclic) bond motifs is 1. The minimum absolute atomic E-state index is 0.192. The third-order valence-corrected chi connectivity index (χ3v) is 5.23. The van der Waals surface area contributed by atoms with E-state index >= 15 is 0 Å². The van der Waals surface area contributed by atoms with E-state index in [9.17, 15) is 9.59 Å². The topological polar surface area (TPSA) is 77.5 Å². The number of aromatic nitrogens is 1. The minimum Gasteiger partial charge on any atom is -0.481 e. The molecule has 0 bridgehead atoms. The van der Waals surface area contributed by atoms with Gasteiger partial charge in [-0.25, -0.2) is 9.78 Å². The maximum atomic E-state index is 12.3. The van der Waals surface area contributed by atoms with Gasteiger partial charge < -0.3 is 14.8 Å². The van der Waals surface area contributed by atoms with E-state index in [0.29, 0.717) is 22.9 Å². The monoisotopic (exact) mass is 380 g/mol. The van der Waals surface area contributed by atoms with Gasteiger partial charge in [0.15, 0.2) is 17.5 Å². The van der Waals surface area contributed by atoms with Gasteiger partial charge in [0.05, 0.1) is 12.2 Å². The Labute approximate surface area is 154 Å². The van der Waals surface area contributed by atoms with Crippen LogP contribution in [0.1, 0.15) is 34.1 Å². The molecule has 0 saturated carbocycles. The number of aryl methyl sites for hydroxylation is 1. The summed E-state index contributed by atoms with van der Waals surface area (Å²) in [5.41, 5.74) is 1.47. The van der Waals surface area contributed by atoms with Gasteiger partial charge in [0.1, 0.15) is 5.00 Å². The van der Waals surface area contributed by atoms with Gasteiger partial charge in [-0.1, -0.05) is 11.6 Å². The summed E-state index contributed by atoms with van der Waals surface area (Å²) in [6, 6.07) is 3.30. The van der Waals surface area contributed by atoms with E-state index in [-0.39, 0.29) is 17.7 Å². The Morgan fingerprint density at radius 3 is 3.00 bits per heavy atom. The van der Waals surface area contributed by atoms with E-state index < -0.39 is 5.97 Å². The maximum absolute atomic E-state index is 12.3. The molecule has 132 valence electrons. The quantitative estimate of drug-likeness (QED) is 0.613. The highest BCUT2D eigenvalue weighted by Crippen LogP contribution is 2.39. The van der Waals surface area contributed by atoms with Crippen molar-refractivity contribution in [3.63, 3.8) is 0 Å². The molecule has 0 radical (unpaired) electrons. The standard InChI is InChI=1S/C17H17ClN2O4S/c1-2-23-17(22)14-10-5-3-7-12(10)25-16(14)20-13(21)9-24-11-6-4-8-19-15(11)18/h4,6,8H,2-3,5,7,9H2,1H3,(H,20,21). The summed E-state index contributed by atoms with van der Waals surface area (Å²) in [7, 11) is 0. The molecule has 0 unspecified atom stereocenters. The smallest absolute Gasteiger partial charge is 0.341 e. The predicted octanol–water partition coefficient (Wildman–Crippen LogP) is 3.48. The lowest BCUT2D eigenvalue weighted by Crippen LogP contribution is -2.21. The summed E-state index contributed by atoms with van der Waals surface area (Å²) in [6.07, 6.45) is 4.31. The lowest BCUT2D eigenvalue weighted by molar-refractivity contribution is -0.118. The Morgan fingerprint density at radius 2 is 2.24 bits per heavy atom. The van der Waals surface area contributed by atoms with Crippen molar-refractivity contribution in [2.45, 2.75) is 26.2 Å². The van der Waals surface area contributed by atoms with Crippen LogP contribution in [0.4, 0.5) is 5.00 Å². The number of amides is 1. The van der Waals surface area contributed by atoms with Crippen LogP contribution in [0.3, 0.4) is 0 Å². The molecule has 25 heavy (non-hydrogen) atoms. The predicted molar refractivity (Wildman–Crippen MR) is 95.7 cm³/mol. The first kappa shape index (κ1) is 17.7. The molecule has 1 N–H and O–H groups in total. The van der Waals surface area contributed by atoms with E-state index in [4.69, 9.17) is 21.1 Å². The van der Waals surface area contributed by atoms with Crippen molar-refractivity contribution < 1.29 is 19.1 Å². The number of thiophene rings is 1. The molecule has 2 heterocycles. The average Bonchev–Trinajstić information content (AvgIpc) is 3.14. The third-order valence-electron chi connectivity index (χ3n) is 3.74. The van der Waals surface area contributed by atoms with Gasteiger partial charge in [-0.15, -0.1) is 11.3 Å². The van der Waals surface area contributed by atoms with Crippen LogP contribution in [0.2, 0.25) is 5.15 Å². The molecule has 2 aromatic heterocycles. The fourth-order valence-electron chi connectivity index (χ4n) is 2.70. The van der Waals surface area contributed by atoms with Crippen LogP contribution in [0.15, 0.2) is 18.3 Å². The van der Waals surface area contributed by atoms with Crippen LogP contribution in [0.25, 0.3) is 0 Å². The number of rotatable bonds is 6. The fraction of sp³-hybridized carbons (Fsp3) is 0.353. The first-order valence-electron chi connectivity index (χ1n) is 7.95. The van der Waals surface area contributed by atoms with Crippen molar-refractivity contribution in [1.29, 1.82) is 0 Å². The number of ether oxygens (including phenoxy) is 2. The van der Waals surface area contributed by atoms with Crippen molar-refractivity contribution in [2.75, 3.05) is 18.5 Å². The number of hydrogen-bond acceptors (Lipinski definition) is 6. The van der Waals surface area contributed by atoms with Gasteiger partial charge in [0.25, 0.3) is 5.91 Å². The Balaban J connectivity index is 1.71. The lowest BCUT2D eigenvalue weighted by Gasteiger charge is -2.09. The summed E-state index contributed by atoms with van der Waals surface area (Å²) >= 11 is 7.32. The Hall–Kier alpha value is -2.12. The Morgan fingerprint density at radius 1 is 1.40 bits per heavy atom. The van der Waals surface area contributed by atoms with Gasteiger partial charge in [-0.2, -0.15) is 0 Å². The van der Waals surface area contributed by atoms with Gasteiger partial charge in [0.2, 0.25) is 0 Å². The largest absolute Gasteiger partial charge is 0.481 e. The highest BCUT2D eigenvalue weighted by molar-refractivity contribution is 7.17. The van der Waals surface area contributed by atoms with Crippen LogP contribution in [-0.2, 0) is 22.4 Å². The van der Waals surface area contributed by atoms with Crippen molar-refractivity contribution in [1.82, 2.24) is 4.98 Å². The number of nitrogens with one attached hydrogen (secondary N) is 1. The highest BCUT2D eigenvalue weighted by atomic mass is 35.5. The molecule has 0 saturated heterocycles. The van der Waals surface area contributed by atoms with E-state index in [1.807, 2.05) is 0 Å². The molecule has 0 aromatic carbocycles. The third kappa shape index (κ3) is 3.93. The second-order valence-corrected chi connectivity index (χ2v) is 6.87. The van der Waals surface area contributed by atoms with Crippen molar-refractivity contribution >= 4 is 39.8 Å². The first-order valence-corrected chi connectivity index (χ1v) is 9.14. The molecule has 2 aromatic rings. The zero-order chi connectivity index (χ0) is 17.8. The van der Waals surface area contributed by atoms with Gasteiger partial charge in [0, 0.05) is 11.1 Å². The van der Waals surface area contributed by atoms with Crippen molar-refractivity contribution in [3.8, 4) is 5.75 Å². The molecule has 1 aliphatic carbocycles. The summed E-state index contributed by atoms with van der Waals surface area (Å²) in [5.74, 6) is -0.433.